The number of aliphatic hydroxyl groups is 2. The number of fused-ring (bicyclic) bond motifs is 1. The van der Waals surface area contributed by atoms with Crippen molar-refractivity contribution in [2.75, 3.05) is 13.2 Å². The Hall–Kier alpha value is -1.02. The van der Waals surface area contributed by atoms with Gasteiger partial charge in [-0.2, -0.15) is 0 Å². The molecule has 1 unspecified atom stereocenters. The number of hydrogen-bond acceptors (Lipinski definition) is 5. The standard InChI is InChI=1S/C10H13BrN4O2/c11-9-5-15-7(1-12-3-8(17)6-16)2-14-10(15)4-13-9/h2,4-5,8,12,16-17H,1,3,6H2. The first-order chi connectivity index (χ1) is 8.20. The van der Waals surface area contributed by atoms with Crippen LogP contribution in [0, 0.1) is 0 Å². The lowest BCUT2D eigenvalue weighted by Crippen LogP contribution is -2.29. The lowest BCUT2D eigenvalue weighted by Gasteiger charge is -2.08. The first-order valence-corrected chi connectivity index (χ1v) is 5.97. The van der Waals surface area contributed by atoms with Crippen molar-refractivity contribution in [2.24, 2.45) is 0 Å². The topological polar surface area (TPSA) is 82.7 Å². The van der Waals surface area contributed by atoms with Gasteiger partial charge in [0.1, 0.15) is 4.60 Å². The van der Waals surface area contributed by atoms with E-state index in [1.807, 2.05) is 10.6 Å². The van der Waals surface area contributed by atoms with E-state index in [2.05, 4.69) is 31.2 Å². The maximum absolute atomic E-state index is 9.19. The van der Waals surface area contributed by atoms with E-state index in [0.717, 1.165) is 15.9 Å². The van der Waals surface area contributed by atoms with Gasteiger partial charge in [0.05, 0.1) is 30.8 Å². The molecule has 2 heterocycles. The largest absolute Gasteiger partial charge is 0.394 e. The van der Waals surface area contributed by atoms with Crippen LogP contribution in [-0.2, 0) is 6.54 Å². The second kappa shape index (κ2) is 5.54. The predicted octanol–water partition coefficient (Wildman–Crippen LogP) is -0.0654. The number of halogens is 1. The molecular formula is C10H13BrN4O2. The number of hydrogen-bond donors (Lipinski definition) is 3. The number of imidazole rings is 1. The summed E-state index contributed by atoms with van der Waals surface area (Å²) in [5.74, 6) is 0. The molecule has 0 amide bonds. The van der Waals surface area contributed by atoms with Gasteiger partial charge in [0, 0.05) is 19.3 Å². The Balaban J connectivity index is 2.06. The molecule has 2 aromatic rings. The normalized spacial score (nSPS) is 13.1. The van der Waals surface area contributed by atoms with Crippen LogP contribution in [-0.4, -0.2) is 43.8 Å². The fraction of sp³-hybridized carbons (Fsp3) is 0.400. The molecule has 6 nitrogen and oxygen atoms in total. The van der Waals surface area contributed by atoms with Gasteiger partial charge in [0.2, 0.25) is 0 Å². The van der Waals surface area contributed by atoms with E-state index < -0.39 is 6.10 Å². The summed E-state index contributed by atoms with van der Waals surface area (Å²) in [6.07, 6.45) is 4.53. The Morgan fingerprint density at radius 2 is 2.24 bits per heavy atom. The molecule has 0 aliphatic heterocycles. The van der Waals surface area contributed by atoms with Crippen molar-refractivity contribution in [3.8, 4) is 0 Å². The van der Waals surface area contributed by atoms with Crippen LogP contribution in [0.25, 0.3) is 5.65 Å². The maximum Gasteiger partial charge on any atom is 0.155 e. The molecule has 0 radical (unpaired) electrons. The summed E-state index contributed by atoms with van der Waals surface area (Å²) in [4.78, 5) is 8.29. The van der Waals surface area contributed by atoms with Gasteiger partial charge in [-0.25, -0.2) is 9.97 Å². The Morgan fingerprint density at radius 1 is 1.41 bits per heavy atom. The molecule has 0 saturated carbocycles. The van der Waals surface area contributed by atoms with Crippen molar-refractivity contribution in [2.45, 2.75) is 12.6 Å². The molecule has 1 atom stereocenters. The lowest BCUT2D eigenvalue weighted by molar-refractivity contribution is 0.0941. The number of nitrogens with zero attached hydrogens (tertiary/aromatic N) is 3. The monoisotopic (exact) mass is 300 g/mol. The Morgan fingerprint density at radius 3 is 3.00 bits per heavy atom. The molecule has 92 valence electrons. The molecule has 0 saturated heterocycles. The van der Waals surface area contributed by atoms with Gasteiger partial charge in [-0.3, -0.25) is 4.40 Å². The van der Waals surface area contributed by atoms with E-state index in [9.17, 15) is 5.11 Å². The predicted molar refractivity (Wildman–Crippen MR) is 65.5 cm³/mol. The van der Waals surface area contributed by atoms with E-state index in [0.29, 0.717) is 13.1 Å². The maximum atomic E-state index is 9.19. The van der Waals surface area contributed by atoms with Crippen LogP contribution in [0.15, 0.2) is 23.2 Å². The highest BCUT2D eigenvalue weighted by atomic mass is 79.9. The molecule has 3 N–H and O–H groups in total. The molecule has 0 aliphatic rings. The summed E-state index contributed by atoms with van der Waals surface area (Å²) >= 11 is 3.30. The lowest BCUT2D eigenvalue weighted by atomic mass is 10.3. The van der Waals surface area contributed by atoms with Crippen LogP contribution in [0.3, 0.4) is 0 Å². The quantitative estimate of drug-likeness (QED) is 0.720. The average molecular weight is 301 g/mol. The molecule has 7 heteroatoms. The molecule has 2 aromatic heterocycles. The number of aromatic nitrogens is 3. The summed E-state index contributed by atoms with van der Waals surface area (Å²) in [7, 11) is 0. The minimum atomic E-state index is -0.734. The highest BCUT2D eigenvalue weighted by Crippen LogP contribution is 2.10. The number of aliphatic hydroxyl groups excluding tert-OH is 2. The minimum Gasteiger partial charge on any atom is -0.394 e. The Labute approximate surface area is 106 Å². The molecular weight excluding hydrogens is 288 g/mol. The average Bonchev–Trinajstić information content (AvgIpc) is 2.72. The fourth-order valence-electron chi connectivity index (χ4n) is 1.48. The summed E-state index contributed by atoms with van der Waals surface area (Å²) in [6.45, 7) is 0.667. The van der Waals surface area contributed by atoms with Crippen LogP contribution in [0.4, 0.5) is 0 Å². The first kappa shape index (κ1) is 12.4. The van der Waals surface area contributed by atoms with E-state index in [1.165, 1.54) is 0 Å². The van der Waals surface area contributed by atoms with Gasteiger partial charge in [-0.05, 0) is 15.9 Å². The molecule has 0 aromatic carbocycles. The van der Waals surface area contributed by atoms with Gasteiger partial charge < -0.3 is 15.5 Å². The second-order valence-corrected chi connectivity index (χ2v) is 4.47. The Kier molecular flexibility index (Phi) is 4.06. The summed E-state index contributed by atoms with van der Waals surface area (Å²) in [5.41, 5.74) is 1.74. The minimum absolute atomic E-state index is 0.240. The first-order valence-electron chi connectivity index (χ1n) is 5.18. The van der Waals surface area contributed by atoms with E-state index in [1.54, 1.807) is 12.4 Å². The van der Waals surface area contributed by atoms with Gasteiger partial charge >= 0.3 is 0 Å². The smallest absolute Gasteiger partial charge is 0.155 e. The summed E-state index contributed by atoms with van der Waals surface area (Å²) in [5, 5.41) is 20.9. The van der Waals surface area contributed by atoms with Gasteiger partial charge in [-0.1, -0.05) is 0 Å². The van der Waals surface area contributed by atoms with Crippen molar-refractivity contribution in [1.29, 1.82) is 0 Å². The third kappa shape index (κ3) is 3.01. The molecule has 0 bridgehead atoms. The third-order valence-corrected chi connectivity index (χ3v) is 2.75. The van der Waals surface area contributed by atoms with Gasteiger partial charge in [0.25, 0.3) is 0 Å². The van der Waals surface area contributed by atoms with Crippen molar-refractivity contribution in [3.63, 3.8) is 0 Å². The summed E-state index contributed by atoms with van der Waals surface area (Å²) < 4.78 is 2.65. The molecule has 0 aliphatic carbocycles. The second-order valence-electron chi connectivity index (χ2n) is 3.66. The number of rotatable bonds is 5. The molecule has 0 spiro atoms. The zero-order chi connectivity index (χ0) is 12.3. The highest BCUT2D eigenvalue weighted by molar-refractivity contribution is 9.10. The van der Waals surface area contributed by atoms with E-state index >= 15 is 0 Å². The van der Waals surface area contributed by atoms with Crippen LogP contribution in [0.1, 0.15) is 5.69 Å². The van der Waals surface area contributed by atoms with Crippen molar-refractivity contribution in [3.05, 3.63) is 28.9 Å². The van der Waals surface area contributed by atoms with Crippen LogP contribution >= 0.6 is 15.9 Å². The van der Waals surface area contributed by atoms with Crippen LogP contribution < -0.4 is 5.32 Å². The van der Waals surface area contributed by atoms with E-state index in [4.69, 9.17) is 5.11 Å². The Bertz CT molecular complexity index is 502. The number of nitrogens with one attached hydrogen (secondary N) is 1. The third-order valence-electron chi connectivity index (χ3n) is 2.34. The molecule has 17 heavy (non-hydrogen) atoms. The zero-order valence-corrected chi connectivity index (χ0v) is 10.6. The zero-order valence-electron chi connectivity index (χ0n) is 9.04. The molecule has 0 fully saturated rings. The van der Waals surface area contributed by atoms with Crippen molar-refractivity contribution >= 4 is 21.6 Å². The van der Waals surface area contributed by atoms with Crippen molar-refractivity contribution in [1.82, 2.24) is 19.7 Å². The fourth-order valence-corrected chi connectivity index (χ4v) is 1.79. The van der Waals surface area contributed by atoms with Gasteiger partial charge in [-0.15, -0.1) is 0 Å². The van der Waals surface area contributed by atoms with Crippen LogP contribution in [0.2, 0.25) is 0 Å². The molecule has 2 rings (SSSR count). The summed E-state index contributed by atoms with van der Waals surface area (Å²) in [6, 6.07) is 0. The van der Waals surface area contributed by atoms with Crippen LogP contribution in [0.5, 0.6) is 0 Å². The van der Waals surface area contributed by atoms with E-state index in [-0.39, 0.29) is 6.61 Å². The highest BCUT2D eigenvalue weighted by Gasteiger charge is 2.05. The SMILES string of the molecule is OCC(O)CNCc1cnc2cnc(Br)cn12. The van der Waals surface area contributed by atoms with Crippen molar-refractivity contribution < 1.29 is 10.2 Å². The van der Waals surface area contributed by atoms with Gasteiger partial charge in [0.15, 0.2) is 5.65 Å².